The standard InChI is InChI=1S/C13H11BrN2O2/c14-11-5-3-6-12(8-11)15-9-10-4-1-2-7-13(10)16(17)18/h1-8,15H,9H2. The van der Waals surface area contributed by atoms with Gasteiger partial charge in [0.25, 0.3) is 5.69 Å². The Bertz CT molecular complexity index is 572. The molecule has 1 N–H and O–H groups in total. The quantitative estimate of drug-likeness (QED) is 0.687. The zero-order valence-corrected chi connectivity index (χ0v) is 11.1. The van der Waals surface area contributed by atoms with E-state index in [9.17, 15) is 10.1 Å². The van der Waals surface area contributed by atoms with Crippen molar-refractivity contribution >= 4 is 27.3 Å². The molecular weight excluding hydrogens is 296 g/mol. The molecule has 2 rings (SSSR count). The van der Waals surface area contributed by atoms with E-state index in [1.54, 1.807) is 18.2 Å². The van der Waals surface area contributed by atoms with E-state index in [-0.39, 0.29) is 10.6 Å². The molecule has 0 spiro atoms. The normalized spacial score (nSPS) is 10.1. The monoisotopic (exact) mass is 306 g/mol. The van der Waals surface area contributed by atoms with E-state index in [4.69, 9.17) is 0 Å². The van der Waals surface area contributed by atoms with Crippen LogP contribution in [0.25, 0.3) is 0 Å². The maximum absolute atomic E-state index is 10.9. The molecule has 0 aliphatic rings. The molecular formula is C13H11BrN2O2. The van der Waals surface area contributed by atoms with Crippen LogP contribution in [0, 0.1) is 10.1 Å². The minimum absolute atomic E-state index is 0.139. The molecule has 2 aromatic carbocycles. The van der Waals surface area contributed by atoms with Crippen molar-refractivity contribution in [3.05, 3.63) is 68.7 Å². The molecule has 0 atom stereocenters. The van der Waals surface area contributed by atoms with Gasteiger partial charge in [0.15, 0.2) is 0 Å². The zero-order chi connectivity index (χ0) is 13.0. The summed E-state index contributed by atoms with van der Waals surface area (Å²) in [5, 5.41) is 14.0. The van der Waals surface area contributed by atoms with Gasteiger partial charge in [0.2, 0.25) is 0 Å². The zero-order valence-electron chi connectivity index (χ0n) is 9.47. The van der Waals surface area contributed by atoms with Gasteiger partial charge in [-0.05, 0) is 18.2 Å². The first-order chi connectivity index (χ1) is 8.66. The summed E-state index contributed by atoms with van der Waals surface area (Å²) < 4.78 is 0.968. The van der Waals surface area contributed by atoms with E-state index in [1.165, 1.54) is 6.07 Å². The Hall–Kier alpha value is -1.88. The SMILES string of the molecule is O=[N+]([O-])c1ccccc1CNc1cccc(Br)c1. The molecule has 92 valence electrons. The smallest absolute Gasteiger partial charge is 0.274 e. The van der Waals surface area contributed by atoms with Crippen LogP contribution in [0.2, 0.25) is 0 Å². The molecule has 0 fully saturated rings. The Labute approximate surface area is 113 Å². The van der Waals surface area contributed by atoms with Gasteiger partial charge in [0.1, 0.15) is 0 Å². The van der Waals surface area contributed by atoms with Gasteiger partial charge in [-0.1, -0.05) is 40.2 Å². The second-order valence-electron chi connectivity index (χ2n) is 3.75. The third-order valence-electron chi connectivity index (χ3n) is 2.50. The highest BCUT2D eigenvalue weighted by Crippen LogP contribution is 2.20. The van der Waals surface area contributed by atoms with Crippen LogP contribution < -0.4 is 5.32 Å². The topological polar surface area (TPSA) is 55.2 Å². The van der Waals surface area contributed by atoms with Gasteiger partial charge >= 0.3 is 0 Å². The van der Waals surface area contributed by atoms with Crippen LogP contribution >= 0.6 is 15.9 Å². The highest BCUT2D eigenvalue weighted by molar-refractivity contribution is 9.10. The van der Waals surface area contributed by atoms with E-state index in [1.807, 2.05) is 24.3 Å². The van der Waals surface area contributed by atoms with E-state index in [0.29, 0.717) is 12.1 Å². The number of rotatable bonds is 4. The van der Waals surface area contributed by atoms with Crippen molar-refractivity contribution in [3.8, 4) is 0 Å². The molecule has 0 unspecified atom stereocenters. The molecule has 0 bridgehead atoms. The second-order valence-corrected chi connectivity index (χ2v) is 4.67. The number of para-hydroxylation sites is 1. The fourth-order valence-electron chi connectivity index (χ4n) is 1.63. The van der Waals surface area contributed by atoms with Crippen molar-refractivity contribution < 1.29 is 4.92 Å². The highest BCUT2D eigenvalue weighted by atomic mass is 79.9. The Kier molecular flexibility index (Phi) is 3.94. The maximum atomic E-state index is 10.9. The molecule has 2 aromatic rings. The molecule has 4 nitrogen and oxygen atoms in total. The average Bonchev–Trinajstić information content (AvgIpc) is 2.37. The van der Waals surface area contributed by atoms with Gasteiger partial charge in [-0.25, -0.2) is 0 Å². The number of nitro benzene ring substituents is 1. The predicted octanol–water partition coefficient (Wildman–Crippen LogP) is 3.97. The van der Waals surface area contributed by atoms with Gasteiger partial charge in [-0.15, -0.1) is 0 Å². The molecule has 0 saturated heterocycles. The molecule has 0 aliphatic heterocycles. The predicted molar refractivity (Wildman–Crippen MR) is 74.6 cm³/mol. The lowest BCUT2D eigenvalue weighted by atomic mass is 10.2. The number of hydrogen-bond donors (Lipinski definition) is 1. The summed E-state index contributed by atoms with van der Waals surface area (Å²) in [6, 6.07) is 14.4. The summed E-state index contributed by atoms with van der Waals surface area (Å²) in [5.41, 5.74) is 1.73. The lowest BCUT2D eigenvalue weighted by Gasteiger charge is -2.07. The minimum Gasteiger partial charge on any atom is -0.381 e. The lowest BCUT2D eigenvalue weighted by Crippen LogP contribution is -2.02. The van der Waals surface area contributed by atoms with Crippen LogP contribution in [0.15, 0.2) is 53.0 Å². The summed E-state index contributed by atoms with van der Waals surface area (Å²) in [5.74, 6) is 0. The molecule has 0 aliphatic carbocycles. The van der Waals surface area contributed by atoms with Gasteiger partial charge in [-0.2, -0.15) is 0 Å². The van der Waals surface area contributed by atoms with E-state index in [0.717, 1.165) is 10.2 Å². The van der Waals surface area contributed by atoms with Gasteiger partial charge in [0, 0.05) is 28.3 Å². The summed E-state index contributed by atoms with van der Waals surface area (Å²) >= 11 is 3.38. The molecule has 0 aromatic heterocycles. The van der Waals surface area contributed by atoms with Crippen LogP contribution in [0.3, 0.4) is 0 Å². The number of nitro groups is 1. The van der Waals surface area contributed by atoms with Crippen molar-refractivity contribution in [2.75, 3.05) is 5.32 Å². The maximum Gasteiger partial charge on any atom is 0.274 e. The molecule has 18 heavy (non-hydrogen) atoms. The molecule has 5 heteroatoms. The molecule has 0 heterocycles. The number of benzene rings is 2. The first kappa shape index (κ1) is 12.6. The number of halogens is 1. The fourth-order valence-corrected chi connectivity index (χ4v) is 2.03. The summed E-state index contributed by atoms with van der Waals surface area (Å²) in [6.07, 6.45) is 0. The van der Waals surface area contributed by atoms with Crippen molar-refractivity contribution in [2.24, 2.45) is 0 Å². The van der Waals surface area contributed by atoms with Crippen molar-refractivity contribution in [1.82, 2.24) is 0 Å². The molecule has 0 amide bonds. The van der Waals surface area contributed by atoms with Crippen LogP contribution in [-0.4, -0.2) is 4.92 Å². The van der Waals surface area contributed by atoms with E-state index < -0.39 is 0 Å². The van der Waals surface area contributed by atoms with E-state index in [2.05, 4.69) is 21.2 Å². The van der Waals surface area contributed by atoms with Crippen LogP contribution in [0.5, 0.6) is 0 Å². The minimum atomic E-state index is -0.363. The Balaban J connectivity index is 2.13. The summed E-state index contributed by atoms with van der Waals surface area (Å²) in [7, 11) is 0. The summed E-state index contributed by atoms with van der Waals surface area (Å²) in [4.78, 5) is 10.5. The average molecular weight is 307 g/mol. The first-order valence-corrected chi connectivity index (χ1v) is 6.18. The van der Waals surface area contributed by atoms with Gasteiger partial charge in [-0.3, -0.25) is 10.1 Å². The third-order valence-corrected chi connectivity index (χ3v) is 2.99. The summed E-state index contributed by atoms with van der Waals surface area (Å²) in [6.45, 7) is 0.424. The van der Waals surface area contributed by atoms with Crippen molar-refractivity contribution in [2.45, 2.75) is 6.54 Å². The van der Waals surface area contributed by atoms with Crippen molar-refractivity contribution in [3.63, 3.8) is 0 Å². The number of hydrogen-bond acceptors (Lipinski definition) is 3. The third kappa shape index (κ3) is 3.07. The largest absolute Gasteiger partial charge is 0.381 e. The fraction of sp³-hybridized carbons (Fsp3) is 0.0769. The Morgan fingerprint density at radius 1 is 1.17 bits per heavy atom. The van der Waals surface area contributed by atoms with Crippen molar-refractivity contribution in [1.29, 1.82) is 0 Å². The van der Waals surface area contributed by atoms with Crippen LogP contribution in [0.1, 0.15) is 5.56 Å². The number of nitrogens with zero attached hydrogens (tertiary/aromatic N) is 1. The molecule has 0 saturated carbocycles. The second kappa shape index (κ2) is 5.64. The Morgan fingerprint density at radius 2 is 1.94 bits per heavy atom. The first-order valence-electron chi connectivity index (χ1n) is 5.38. The number of nitrogens with one attached hydrogen (secondary N) is 1. The van der Waals surface area contributed by atoms with E-state index >= 15 is 0 Å². The van der Waals surface area contributed by atoms with Crippen LogP contribution in [-0.2, 0) is 6.54 Å². The van der Waals surface area contributed by atoms with Gasteiger partial charge in [0.05, 0.1) is 4.92 Å². The van der Waals surface area contributed by atoms with Gasteiger partial charge < -0.3 is 5.32 Å². The van der Waals surface area contributed by atoms with Crippen LogP contribution in [0.4, 0.5) is 11.4 Å². The number of anilines is 1. The Morgan fingerprint density at radius 3 is 2.67 bits per heavy atom. The lowest BCUT2D eigenvalue weighted by molar-refractivity contribution is -0.385. The molecule has 0 radical (unpaired) electrons. The highest BCUT2D eigenvalue weighted by Gasteiger charge is 2.11.